The Labute approximate surface area is 194 Å². The van der Waals surface area contributed by atoms with Crippen LogP contribution in [0.5, 0.6) is 0 Å². The lowest BCUT2D eigenvalue weighted by Gasteiger charge is -2.21. The van der Waals surface area contributed by atoms with E-state index < -0.39 is 0 Å². The highest BCUT2D eigenvalue weighted by Crippen LogP contribution is 2.35. The predicted molar refractivity (Wildman–Crippen MR) is 128 cm³/mol. The van der Waals surface area contributed by atoms with E-state index in [2.05, 4.69) is 4.98 Å². The van der Waals surface area contributed by atoms with Crippen molar-refractivity contribution in [1.82, 2.24) is 9.97 Å². The van der Waals surface area contributed by atoms with Crippen molar-refractivity contribution >= 4 is 38.3 Å². The minimum atomic E-state index is -0.377. The largest absolute Gasteiger partial charge is 0.441 e. The molecule has 0 saturated carbocycles. The van der Waals surface area contributed by atoms with Gasteiger partial charge < -0.3 is 4.42 Å². The number of rotatable bonds is 6. The van der Waals surface area contributed by atoms with E-state index in [1.54, 1.807) is 23.1 Å². The Balaban J connectivity index is 1.41. The summed E-state index contributed by atoms with van der Waals surface area (Å²) in [6.45, 7) is 1.97. The van der Waals surface area contributed by atoms with Crippen molar-refractivity contribution in [1.29, 1.82) is 0 Å². The number of aryl methyl sites for hydroxylation is 2. The van der Waals surface area contributed by atoms with Gasteiger partial charge in [-0.05, 0) is 42.8 Å². The first-order valence-corrected chi connectivity index (χ1v) is 11.4. The van der Waals surface area contributed by atoms with Crippen molar-refractivity contribution in [2.45, 2.75) is 19.8 Å². The Morgan fingerprint density at radius 1 is 1.03 bits per heavy atom. The van der Waals surface area contributed by atoms with Crippen molar-refractivity contribution in [2.75, 3.05) is 4.90 Å². The molecule has 33 heavy (non-hydrogen) atoms. The van der Waals surface area contributed by atoms with Crippen LogP contribution in [0.2, 0.25) is 0 Å². The molecule has 0 spiro atoms. The number of benzene rings is 3. The van der Waals surface area contributed by atoms with E-state index in [1.165, 1.54) is 23.6 Å². The summed E-state index contributed by atoms with van der Waals surface area (Å²) in [5.74, 6) is 0.236. The number of hydrogen-bond donors (Lipinski definition) is 0. The maximum Gasteiger partial charge on any atom is 0.233 e. The van der Waals surface area contributed by atoms with Gasteiger partial charge in [-0.2, -0.15) is 0 Å². The van der Waals surface area contributed by atoms with Gasteiger partial charge >= 0.3 is 0 Å². The Morgan fingerprint density at radius 3 is 2.61 bits per heavy atom. The maximum absolute atomic E-state index is 14.1. The normalized spacial score (nSPS) is 11.1. The summed E-state index contributed by atoms with van der Waals surface area (Å²) in [4.78, 5) is 24.1. The maximum atomic E-state index is 14.1. The second kappa shape index (κ2) is 8.96. The van der Waals surface area contributed by atoms with Crippen LogP contribution in [0.25, 0.3) is 21.5 Å². The zero-order chi connectivity index (χ0) is 22.8. The molecule has 3 aromatic carbocycles. The number of carbonyl (C=O) groups excluding carboxylic acids is 1. The number of oxazole rings is 1. The van der Waals surface area contributed by atoms with Crippen LogP contribution >= 0.6 is 11.3 Å². The number of thiazole rings is 1. The molecule has 5 aromatic rings. The summed E-state index contributed by atoms with van der Waals surface area (Å²) < 4.78 is 20.8. The van der Waals surface area contributed by atoms with Crippen molar-refractivity contribution in [2.24, 2.45) is 0 Å². The summed E-state index contributed by atoms with van der Waals surface area (Å²) in [7, 11) is 0. The third-order valence-electron chi connectivity index (χ3n) is 5.33. The van der Waals surface area contributed by atoms with E-state index in [-0.39, 0.29) is 18.1 Å². The fourth-order valence-corrected chi connectivity index (χ4v) is 4.65. The molecule has 2 aromatic heterocycles. The molecule has 0 fully saturated rings. The first kappa shape index (κ1) is 21.0. The van der Waals surface area contributed by atoms with Gasteiger partial charge in [0.25, 0.3) is 0 Å². The number of nitrogens with zero attached hydrogens (tertiary/aromatic N) is 3. The van der Waals surface area contributed by atoms with Gasteiger partial charge in [0.2, 0.25) is 5.91 Å². The summed E-state index contributed by atoms with van der Waals surface area (Å²) in [6, 6.07) is 21.9. The first-order valence-electron chi connectivity index (χ1n) is 10.5. The Kier molecular flexibility index (Phi) is 5.71. The van der Waals surface area contributed by atoms with Gasteiger partial charge in [-0.1, -0.05) is 53.8 Å². The number of aromatic nitrogens is 2. The Hall–Kier alpha value is -3.84. The summed E-state index contributed by atoms with van der Waals surface area (Å²) >= 11 is 1.48. The molecule has 0 bridgehead atoms. The second-order valence-corrected chi connectivity index (χ2v) is 8.59. The van der Waals surface area contributed by atoms with Gasteiger partial charge in [0.1, 0.15) is 5.82 Å². The standard InChI is InChI=1S/C26H20FN3O2S/c1-17-8-2-6-12-21(17)30(26-29-20-11-5-7-13-23(20)33-26)25(31)15-14-24-28-16-22(32-24)18-9-3-4-10-19(18)27/h2-13,16H,14-15H2,1H3. The average Bonchev–Trinajstić information content (AvgIpc) is 3.46. The Bertz CT molecular complexity index is 1410. The van der Waals surface area contributed by atoms with Gasteiger partial charge in [0.15, 0.2) is 16.8 Å². The fourth-order valence-electron chi connectivity index (χ4n) is 3.65. The Morgan fingerprint density at radius 2 is 1.79 bits per heavy atom. The molecule has 164 valence electrons. The average molecular weight is 458 g/mol. The van der Waals surface area contributed by atoms with Crippen molar-refractivity contribution in [3.63, 3.8) is 0 Å². The minimum Gasteiger partial charge on any atom is -0.441 e. The smallest absolute Gasteiger partial charge is 0.233 e. The number of anilines is 2. The zero-order valence-corrected chi connectivity index (χ0v) is 18.7. The predicted octanol–water partition coefficient (Wildman–Crippen LogP) is 6.70. The van der Waals surface area contributed by atoms with Gasteiger partial charge in [0.05, 0.1) is 27.7 Å². The molecule has 0 radical (unpaired) electrons. The zero-order valence-electron chi connectivity index (χ0n) is 17.9. The number of halogens is 1. The van der Waals surface area contributed by atoms with Crippen LogP contribution in [0.3, 0.4) is 0 Å². The molecular weight excluding hydrogens is 437 g/mol. The van der Waals surface area contributed by atoms with Crippen LogP contribution < -0.4 is 4.90 Å². The molecule has 0 aliphatic rings. The molecule has 5 nitrogen and oxygen atoms in total. The molecule has 2 heterocycles. The lowest BCUT2D eigenvalue weighted by molar-refractivity contribution is -0.117. The van der Waals surface area contributed by atoms with E-state index in [1.807, 2.05) is 55.5 Å². The molecule has 0 saturated heterocycles. The number of hydrogen-bond acceptors (Lipinski definition) is 5. The van der Waals surface area contributed by atoms with Crippen LogP contribution in [0.4, 0.5) is 15.2 Å². The van der Waals surface area contributed by atoms with E-state index in [9.17, 15) is 9.18 Å². The van der Waals surface area contributed by atoms with Gasteiger partial charge in [0, 0.05) is 12.8 Å². The molecule has 0 unspecified atom stereocenters. The van der Waals surface area contributed by atoms with Crippen molar-refractivity contribution in [3.8, 4) is 11.3 Å². The van der Waals surface area contributed by atoms with Crippen LogP contribution in [-0.4, -0.2) is 15.9 Å². The van der Waals surface area contributed by atoms with Crippen molar-refractivity contribution in [3.05, 3.63) is 96.3 Å². The first-order chi connectivity index (χ1) is 16.1. The molecule has 1 amide bonds. The lowest BCUT2D eigenvalue weighted by atomic mass is 10.1. The van der Waals surface area contributed by atoms with Gasteiger partial charge in [-0.25, -0.2) is 14.4 Å². The number of amides is 1. The molecule has 0 aliphatic heterocycles. The summed E-state index contributed by atoms with van der Waals surface area (Å²) in [6.07, 6.45) is 1.95. The molecule has 0 atom stereocenters. The third kappa shape index (κ3) is 4.27. The highest BCUT2D eigenvalue weighted by Gasteiger charge is 2.23. The van der Waals surface area contributed by atoms with E-state index in [4.69, 9.17) is 9.40 Å². The quantitative estimate of drug-likeness (QED) is 0.285. The third-order valence-corrected chi connectivity index (χ3v) is 6.35. The second-order valence-electron chi connectivity index (χ2n) is 7.58. The molecule has 5 rings (SSSR count). The summed E-state index contributed by atoms with van der Waals surface area (Å²) in [5.41, 5.74) is 2.97. The molecule has 0 N–H and O–H groups in total. The van der Waals surface area contributed by atoms with E-state index in [0.717, 1.165) is 21.5 Å². The fraction of sp³-hybridized carbons (Fsp3) is 0.115. The van der Waals surface area contributed by atoms with E-state index >= 15 is 0 Å². The molecular formula is C26H20FN3O2S. The SMILES string of the molecule is Cc1ccccc1N(C(=O)CCc1ncc(-c2ccccc2F)o1)c1nc2ccccc2s1. The lowest BCUT2D eigenvalue weighted by Crippen LogP contribution is -2.26. The number of carbonyl (C=O) groups is 1. The van der Waals surface area contributed by atoms with Crippen LogP contribution in [0, 0.1) is 12.7 Å². The highest BCUT2D eigenvalue weighted by atomic mass is 32.1. The topological polar surface area (TPSA) is 59.2 Å². The van der Waals surface area contributed by atoms with Crippen molar-refractivity contribution < 1.29 is 13.6 Å². The van der Waals surface area contributed by atoms with E-state index in [0.29, 0.717) is 28.8 Å². The monoisotopic (exact) mass is 457 g/mol. The highest BCUT2D eigenvalue weighted by molar-refractivity contribution is 7.22. The van der Waals surface area contributed by atoms with Gasteiger partial charge in [-0.15, -0.1) is 0 Å². The number of fused-ring (bicyclic) bond motifs is 1. The number of para-hydroxylation sites is 2. The molecule has 0 aliphatic carbocycles. The van der Waals surface area contributed by atoms with Crippen LogP contribution in [0.15, 0.2) is 83.4 Å². The minimum absolute atomic E-state index is 0.117. The summed E-state index contributed by atoms with van der Waals surface area (Å²) in [5, 5.41) is 0.620. The van der Waals surface area contributed by atoms with Crippen LogP contribution in [0.1, 0.15) is 17.9 Å². The van der Waals surface area contributed by atoms with Gasteiger partial charge in [-0.3, -0.25) is 9.69 Å². The van der Waals surface area contributed by atoms with Crippen LogP contribution in [-0.2, 0) is 11.2 Å². The molecule has 7 heteroatoms.